The number of aliphatic carboxylic acids is 1. The Labute approximate surface area is 186 Å². The van der Waals surface area contributed by atoms with Crippen LogP contribution in [-0.4, -0.2) is 59.3 Å². The molecule has 32 heavy (non-hydrogen) atoms. The number of thiazole rings is 1. The molecule has 2 aliphatic rings. The molecule has 1 saturated heterocycles. The van der Waals surface area contributed by atoms with Crippen molar-refractivity contribution in [2.75, 3.05) is 0 Å². The largest absolute Gasteiger partial charge is 0.477 e. The number of ketones is 1. The number of nitrogens with zero attached hydrogens (tertiary/aromatic N) is 4. The van der Waals surface area contributed by atoms with E-state index in [1.165, 1.54) is 28.8 Å². The minimum Gasteiger partial charge on any atom is -0.477 e. The Morgan fingerprint density at radius 2 is 2.00 bits per heavy atom. The van der Waals surface area contributed by atoms with Gasteiger partial charge in [-0.15, -0.1) is 11.3 Å². The molecule has 10 heteroatoms. The fraction of sp³-hybridized carbons (Fsp3) is 0.318. The van der Waals surface area contributed by atoms with Gasteiger partial charge in [-0.1, -0.05) is 6.92 Å². The van der Waals surface area contributed by atoms with Crippen LogP contribution in [0.4, 0.5) is 0 Å². The molecule has 3 aromatic heterocycles. The fourth-order valence-electron chi connectivity index (χ4n) is 4.71. The summed E-state index contributed by atoms with van der Waals surface area (Å²) in [4.78, 5) is 48.6. The molecule has 5 heterocycles. The predicted octanol–water partition coefficient (Wildman–Crippen LogP) is 1.98. The van der Waals surface area contributed by atoms with Crippen LogP contribution in [0.1, 0.15) is 40.5 Å². The third kappa shape index (κ3) is 2.76. The van der Waals surface area contributed by atoms with Gasteiger partial charge >= 0.3 is 5.97 Å². The third-order valence-corrected chi connectivity index (χ3v) is 7.38. The van der Waals surface area contributed by atoms with Crippen molar-refractivity contribution < 1.29 is 24.6 Å². The van der Waals surface area contributed by atoms with Crippen LogP contribution in [0.25, 0.3) is 10.4 Å². The number of hydrogen-bond acceptors (Lipinski definition) is 7. The molecule has 0 unspecified atom stereocenters. The molecule has 0 saturated carbocycles. The van der Waals surface area contributed by atoms with Gasteiger partial charge in [0.15, 0.2) is 0 Å². The van der Waals surface area contributed by atoms with Gasteiger partial charge in [0.05, 0.1) is 22.9 Å². The molecule has 164 valence electrons. The zero-order valence-corrected chi connectivity index (χ0v) is 18.3. The van der Waals surface area contributed by atoms with Crippen molar-refractivity contribution in [2.45, 2.75) is 32.9 Å². The van der Waals surface area contributed by atoms with E-state index in [1.807, 2.05) is 13.8 Å². The van der Waals surface area contributed by atoms with Crippen molar-refractivity contribution in [3.8, 4) is 0 Å². The second-order valence-corrected chi connectivity index (χ2v) is 9.27. The number of fused-ring (bicyclic) bond motifs is 2. The molecule has 0 aliphatic carbocycles. The number of pyridine rings is 1. The molecule has 0 radical (unpaired) electrons. The Hall–Kier alpha value is -3.37. The number of carboxylic acids is 1. The van der Waals surface area contributed by atoms with Crippen LogP contribution in [0, 0.1) is 18.8 Å². The van der Waals surface area contributed by atoms with Crippen molar-refractivity contribution in [3.63, 3.8) is 0 Å². The van der Waals surface area contributed by atoms with E-state index in [2.05, 4.69) is 9.97 Å². The van der Waals surface area contributed by atoms with E-state index in [0.717, 1.165) is 5.69 Å². The van der Waals surface area contributed by atoms with Crippen molar-refractivity contribution in [2.24, 2.45) is 11.8 Å². The lowest BCUT2D eigenvalue weighted by molar-refractivity contribution is -0.163. The summed E-state index contributed by atoms with van der Waals surface area (Å²) >= 11 is 1.26. The predicted molar refractivity (Wildman–Crippen MR) is 115 cm³/mol. The summed E-state index contributed by atoms with van der Waals surface area (Å²) in [7, 11) is 0. The summed E-state index contributed by atoms with van der Waals surface area (Å²) in [5.41, 5.74) is 1.95. The topological polar surface area (TPSA) is 125 Å². The monoisotopic (exact) mass is 452 g/mol. The molecule has 4 atom stereocenters. The van der Waals surface area contributed by atoms with Crippen LogP contribution in [-0.2, 0) is 9.59 Å². The number of hydrogen-bond donors (Lipinski definition) is 2. The summed E-state index contributed by atoms with van der Waals surface area (Å²) in [5, 5.41) is 19.9. The maximum Gasteiger partial charge on any atom is 0.352 e. The SMILES string of the molecule is Cc1ccc(C(=O)c2ncn3cc(C4=C(C(=O)O)N5C(=O)[C@H]([C@@H](C)O)[C@H]5[C@H]4C)sc23)cn1. The maximum atomic E-state index is 13.0. The fourth-order valence-corrected chi connectivity index (χ4v) is 5.93. The van der Waals surface area contributed by atoms with Gasteiger partial charge in [-0.2, -0.15) is 0 Å². The van der Waals surface area contributed by atoms with E-state index in [4.69, 9.17) is 0 Å². The lowest BCUT2D eigenvalue weighted by Gasteiger charge is -2.46. The molecule has 1 fully saturated rings. The Bertz CT molecular complexity index is 1320. The number of rotatable bonds is 5. The highest BCUT2D eigenvalue weighted by Gasteiger charge is 2.60. The molecule has 3 aromatic rings. The van der Waals surface area contributed by atoms with Crippen LogP contribution >= 0.6 is 11.3 Å². The van der Waals surface area contributed by atoms with E-state index in [9.17, 15) is 24.6 Å². The highest BCUT2D eigenvalue weighted by atomic mass is 32.1. The minimum absolute atomic E-state index is 0.0579. The number of carbonyl (C=O) groups excluding carboxylic acids is 2. The van der Waals surface area contributed by atoms with Gasteiger partial charge in [-0.25, -0.2) is 9.78 Å². The Morgan fingerprint density at radius 1 is 1.25 bits per heavy atom. The van der Waals surface area contributed by atoms with Gasteiger partial charge in [0.2, 0.25) is 11.7 Å². The number of β-lactam (4-membered cyclic amide) rings is 1. The summed E-state index contributed by atoms with van der Waals surface area (Å²) in [6.45, 7) is 5.24. The smallest absolute Gasteiger partial charge is 0.352 e. The number of imidazole rings is 1. The summed E-state index contributed by atoms with van der Waals surface area (Å²) in [5.74, 6) is -2.75. The van der Waals surface area contributed by atoms with Crippen molar-refractivity contribution in [1.29, 1.82) is 0 Å². The summed E-state index contributed by atoms with van der Waals surface area (Å²) in [6, 6.07) is 3.05. The number of aryl methyl sites for hydroxylation is 1. The van der Waals surface area contributed by atoms with Crippen LogP contribution in [0.3, 0.4) is 0 Å². The molecule has 0 aromatic carbocycles. The standard InChI is InChI=1S/C22H20N4O5S/c1-9-4-5-12(6-23-9)19(28)16-21-25(8-24-16)7-13(32-21)14-10(2)17-15(11(3)27)20(29)26(17)18(14)22(30)31/h4-8,10-11,15,17,27H,1-3H3,(H,30,31)/t10-,11+,15+,17+/m0/s1. The first-order valence-electron chi connectivity index (χ1n) is 10.1. The normalized spacial score (nSPS) is 23.4. The molecular formula is C22H20N4O5S. The van der Waals surface area contributed by atoms with Gasteiger partial charge in [-0.3, -0.25) is 19.0 Å². The maximum absolute atomic E-state index is 13.0. The third-order valence-electron chi connectivity index (χ3n) is 6.24. The van der Waals surface area contributed by atoms with E-state index in [-0.39, 0.29) is 29.0 Å². The highest BCUT2D eigenvalue weighted by molar-refractivity contribution is 7.18. The van der Waals surface area contributed by atoms with Gasteiger partial charge < -0.3 is 15.1 Å². The van der Waals surface area contributed by atoms with Crippen molar-refractivity contribution in [3.05, 3.63) is 58.4 Å². The Morgan fingerprint density at radius 3 is 2.62 bits per heavy atom. The number of aliphatic hydroxyl groups excluding tert-OH is 1. The summed E-state index contributed by atoms with van der Waals surface area (Å²) < 4.78 is 1.69. The second-order valence-electron chi connectivity index (χ2n) is 8.24. The molecule has 0 bridgehead atoms. The van der Waals surface area contributed by atoms with E-state index < -0.39 is 24.0 Å². The first-order chi connectivity index (χ1) is 15.2. The average Bonchev–Trinajstić information content (AvgIpc) is 3.37. The lowest BCUT2D eigenvalue weighted by atomic mass is 9.77. The Kier molecular flexibility index (Phi) is 4.54. The number of aliphatic hydroxyl groups is 1. The number of carbonyl (C=O) groups is 3. The highest BCUT2D eigenvalue weighted by Crippen LogP contribution is 2.51. The zero-order chi connectivity index (χ0) is 22.9. The lowest BCUT2D eigenvalue weighted by Crippen LogP contribution is -2.63. The quantitative estimate of drug-likeness (QED) is 0.448. The molecule has 0 spiro atoms. The first-order valence-corrected chi connectivity index (χ1v) is 10.9. The van der Waals surface area contributed by atoms with Crippen LogP contribution in [0.5, 0.6) is 0 Å². The molecule has 2 aliphatic heterocycles. The number of amides is 1. The van der Waals surface area contributed by atoms with E-state index in [0.29, 0.717) is 20.8 Å². The number of carboxylic acid groups (broad SMARTS) is 1. The molecule has 9 nitrogen and oxygen atoms in total. The van der Waals surface area contributed by atoms with E-state index in [1.54, 1.807) is 29.7 Å². The summed E-state index contributed by atoms with van der Waals surface area (Å²) in [6.07, 6.45) is 3.90. The van der Waals surface area contributed by atoms with Gasteiger partial charge in [0.1, 0.15) is 22.5 Å². The molecular weight excluding hydrogens is 432 g/mol. The van der Waals surface area contributed by atoms with Crippen molar-refractivity contribution >= 4 is 39.4 Å². The first kappa shape index (κ1) is 20.5. The van der Waals surface area contributed by atoms with Gasteiger partial charge in [0, 0.05) is 35.1 Å². The van der Waals surface area contributed by atoms with Crippen LogP contribution in [0.15, 0.2) is 36.6 Å². The molecule has 1 amide bonds. The number of aromatic nitrogens is 3. The molecule has 2 N–H and O–H groups in total. The van der Waals surface area contributed by atoms with Gasteiger partial charge in [-0.05, 0) is 26.0 Å². The zero-order valence-electron chi connectivity index (χ0n) is 17.5. The average molecular weight is 452 g/mol. The van der Waals surface area contributed by atoms with Gasteiger partial charge in [0.25, 0.3) is 0 Å². The molecule has 5 rings (SSSR count). The second kappa shape index (κ2) is 7.07. The van der Waals surface area contributed by atoms with Crippen LogP contribution < -0.4 is 0 Å². The van der Waals surface area contributed by atoms with Crippen LogP contribution in [0.2, 0.25) is 0 Å². The Balaban J connectivity index is 1.58. The van der Waals surface area contributed by atoms with Crippen molar-refractivity contribution in [1.82, 2.24) is 19.3 Å². The van der Waals surface area contributed by atoms with E-state index >= 15 is 0 Å². The minimum atomic E-state index is -1.19.